The van der Waals surface area contributed by atoms with Crippen molar-refractivity contribution in [2.75, 3.05) is 0 Å². The lowest BCUT2D eigenvalue weighted by atomic mass is 10.00. The molecule has 0 bridgehead atoms. The van der Waals surface area contributed by atoms with Crippen molar-refractivity contribution in [2.24, 2.45) is 0 Å². The molecule has 152 valence electrons. The van der Waals surface area contributed by atoms with E-state index in [2.05, 4.69) is 50.2 Å². The van der Waals surface area contributed by atoms with E-state index in [0.29, 0.717) is 5.56 Å². The van der Waals surface area contributed by atoms with Gasteiger partial charge in [-0.05, 0) is 54.9 Å². The second kappa shape index (κ2) is 13.3. The number of hydrogen-bond acceptors (Lipinski definition) is 0. The zero-order valence-electron chi connectivity index (χ0n) is 17.9. The first-order valence-electron chi connectivity index (χ1n) is 11.3. The molecule has 0 N–H and O–H groups in total. The summed E-state index contributed by atoms with van der Waals surface area (Å²) in [6, 6.07) is 17.0. The summed E-state index contributed by atoms with van der Waals surface area (Å²) in [4.78, 5) is 0. The Bertz CT molecular complexity index is 679. The van der Waals surface area contributed by atoms with E-state index >= 15 is 0 Å². The highest BCUT2D eigenvalue weighted by Crippen LogP contribution is 2.19. The fourth-order valence-electron chi connectivity index (χ4n) is 3.49. The van der Waals surface area contributed by atoms with Crippen LogP contribution in [0.15, 0.2) is 54.6 Å². The van der Waals surface area contributed by atoms with E-state index in [0.717, 1.165) is 25.7 Å². The first kappa shape index (κ1) is 22.4. The summed E-state index contributed by atoms with van der Waals surface area (Å²) in [6.45, 7) is 4.33. The summed E-state index contributed by atoms with van der Waals surface area (Å²) < 4.78 is 14.0. The van der Waals surface area contributed by atoms with Crippen LogP contribution in [0.5, 0.6) is 0 Å². The van der Waals surface area contributed by atoms with Crippen molar-refractivity contribution in [1.82, 2.24) is 0 Å². The van der Waals surface area contributed by atoms with Gasteiger partial charge in [0.25, 0.3) is 0 Å². The normalized spacial score (nSPS) is 11.8. The summed E-state index contributed by atoms with van der Waals surface area (Å²) in [5.74, 6) is -0.102. The van der Waals surface area contributed by atoms with Crippen LogP contribution in [-0.4, -0.2) is 0 Å². The van der Waals surface area contributed by atoms with Gasteiger partial charge in [0.15, 0.2) is 0 Å². The molecule has 28 heavy (non-hydrogen) atoms. The van der Waals surface area contributed by atoms with Gasteiger partial charge in [0.1, 0.15) is 5.83 Å². The number of aryl methyl sites for hydroxylation is 3. The number of allylic oxidation sites excluding steroid dienone is 1. The zero-order valence-corrected chi connectivity index (χ0v) is 17.9. The molecule has 0 nitrogen and oxygen atoms in total. The number of halogens is 1. The van der Waals surface area contributed by atoms with Crippen molar-refractivity contribution in [2.45, 2.75) is 84.5 Å². The Hall–Kier alpha value is -1.89. The molecule has 0 aliphatic rings. The third-order valence-corrected chi connectivity index (χ3v) is 5.39. The summed E-state index contributed by atoms with van der Waals surface area (Å²) in [5, 5.41) is 0. The fraction of sp³-hybridized carbons (Fsp3) is 0.481. The molecule has 0 amide bonds. The lowest BCUT2D eigenvalue weighted by Gasteiger charge is -2.06. The van der Waals surface area contributed by atoms with E-state index in [1.54, 1.807) is 6.08 Å². The Morgan fingerprint density at radius 1 is 0.643 bits per heavy atom. The smallest absolute Gasteiger partial charge is 0.126 e. The molecule has 0 aromatic heterocycles. The van der Waals surface area contributed by atoms with Crippen LogP contribution in [0, 0.1) is 0 Å². The van der Waals surface area contributed by atoms with Crippen LogP contribution in [0.1, 0.15) is 87.5 Å². The summed E-state index contributed by atoms with van der Waals surface area (Å²) >= 11 is 0. The standard InChI is InChI=1S/C27H37F/c1-3-5-7-8-9-10-11-23-13-15-24(16-14-23)17-18-25-19-21-26(22-20-25)27(28)12-6-4-2/h12-16,19-22H,3-11,17-18H2,1-2H3. The van der Waals surface area contributed by atoms with Crippen LogP contribution in [0.3, 0.4) is 0 Å². The molecule has 0 spiro atoms. The molecule has 2 aromatic carbocycles. The van der Waals surface area contributed by atoms with Gasteiger partial charge in [-0.15, -0.1) is 0 Å². The van der Waals surface area contributed by atoms with Gasteiger partial charge in [-0.25, -0.2) is 4.39 Å². The molecule has 0 fully saturated rings. The first-order chi connectivity index (χ1) is 13.7. The van der Waals surface area contributed by atoms with Gasteiger partial charge in [-0.2, -0.15) is 0 Å². The van der Waals surface area contributed by atoms with E-state index in [-0.39, 0.29) is 5.83 Å². The second-order valence-electron chi connectivity index (χ2n) is 7.87. The summed E-state index contributed by atoms with van der Waals surface area (Å²) in [6.07, 6.45) is 14.8. The van der Waals surface area contributed by atoms with Crippen LogP contribution in [0.2, 0.25) is 0 Å². The molecule has 1 heteroatoms. The topological polar surface area (TPSA) is 0 Å². The van der Waals surface area contributed by atoms with Crippen LogP contribution in [0.25, 0.3) is 5.83 Å². The van der Waals surface area contributed by atoms with Gasteiger partial charge in [-0.1, -0.05) is 101 Å². The van der Waals surface area contributed by atoms with Gasteiger partial charge in [0.05, 0.1) is 0 Å². The number of rotatable bonds is 13. The minimum Gasteiger partial charge on any atom is -0.207 e. The average Bonchev–Trinajstić information content (AvgIpc) is 2.74. The second-order valence-corrected chi connectivity index (χ2v) is 7.87. The molecule has 0 saturated heterocycles. The third kappa shape index (κ3) is 8.42. The van der Waals surface area contributed by atoms with E-state index in [1.165, 1.54) is 61.6 Å². The number of hydrogen-bond donors (Lipinski definition) is 0. The first-order valence-corrected chi connectivity index (χ1v) is 11.3. The third-order valence-electron chi connectivity index (χ3n) is 5.39. The van der Waals surface area contributed by atoms with Gasteiger partial charge in [0.2, 0.25) is 0 Å². The van der Waals surface area contributed by atoms with Gasteiger partial charge in [0, 0.05) is 5.56 Å². The molecular weight excluding hydrogens is 343 g/mol. The Morgan fingerprint density at radius 3 is 1.71 bits per heavy atom. The quantitative estimate of drug-likeness (QED) is 0.306. The van der Waals surface area contributed by atoms with Crippen molar-refractivity contribution >= 4 is 5.83 Å². The fourth-order valence-corrected chi connectivity index (χ4v) is 3.49. The highest BCUT2D eigenvalue weighted by Gasteiger charge is 2.02. The minimum atomic E-state index is -0.102. The van der Waals surface area contributed by atoms with Crippen molar-refractivity contribution < 1.29 is 4.39 Å². The molecule has 0 unspecified atom stereocenters. The Labute approximate surface area is 171 Å². The van der Waals surface area contributed by atoms with Gasteiger partial charge < -0.3 is 0 Å². The molecule has 0 heterocycles. The van der Waals surface area contributed by atoms with E-state index in [4.69, 9.17) is 0 Å². The van der Waals surface area contributed by atoms with Crippen LogP contribution < -0.4 is 0 Å². The van der Waals surface area contributed by atoms with E-state index < -0.39 is 0 Å². The lowest BCUT2D eigenvalue weighted by Crippen LogP contribution is -1.93. The van der Waals surface area contributed by atoms with Crippen molar-refractivity contribution in [3.8, 4) is 0 Å². The SMILES string of the molecule is CCCC=C(F)c1ccc(CCc2ccc(CCCCCCCC)cc2)cc1. The number of unbranched alkanes of at least 4 members (excludes halogenated alkanes) is 6. The van der Waals surface area contributed by atoms with E-state index in [9.17, 15) is 4.39 Å². The van der Waals surface area contributed by atoms with Crippen LogP contribution >= 0.6 is 0 Å². The summed E-state index contributed by atoms with van der Waals surface area (Å²) in [5.41, 5.74) is 4.79. The largest absolute Gasteiger partial charge is 0.207 e. The van der Waals surface area contributed by atoms with Crippen LogP contribution in [-0.2, 0) is 19.3 Å². The van der Waals surface area contributed by atoms with Crippen molar-refractivity contribution in [1.29, 1.82) is 0 Å². The lowest BCUT2D eigenvalue weighted by molar-refractivity contribution is 0.607. The maximum atomic E-state index is 14.0. The Balaban J connectivity index is 1.74. The summed E-state index contributed by atoms with van der Waals surface area (Å²) in [7, 11) is 0. The Kier molecular flexibility index (Phi) is 10.7. The molecule has 0 aliphatic heterocycles. The van der Waals surface area contributed by atoms with Crippen LogP contribution in [0.4, 0.5) is 4.39 Å². The molecule has 0 saturated carbocycles. The molecular formula is C27H37F. The highest BCUT2D eigenvalue weighted by atomic mass is 19.1. The predicted octanol–water partition coefficient (Wildman–Crippen LogP) is 8.49. The Morgan fingerprint density at radius 2 is 1.14 bits per heavy atom. The minimum absolute atomic E-state index is 0.102. The molecule has 0 atom stereocenters. The molecule has 2 rings (SSSR count). The van der Waals surface area contributed by atoms with E-state index in [1.807, 2.05) is 12.1 Å². The van der Waals surface area contributed by atoms with Crippen molar-refractivity contribution in [3.63, 3.8) is 0 Å². The number of benzene rings is 2. The zero-order chi connectivity index (χ0) is 20.0. The van der Waals surface area contributed by atoms with Gasteiger partial charge >= 0.3 is 0 Å². The maximum absolute atomic E-state index is 14.0. The maximum Gasteiger partial charge on any atom is 0.126 e. The highest BCUT2D eigenvalue weighted by molar-refractivity contribution is 5.59. The monoisotopic (exact) mass is 380 g/mol. The molecule has 2 aromatic rings. The predicted molar refractivity (Wildman–Crippen MR) is 121 cm³/mol. The average molecular weight is 381 g/mol. The van der Waals surface area contributed by atoms with Crippen molar-refractivity contribution in [3.05, 3.63) is 76.9 Å². The van der Waals surface area contributed by atoms with Gasteiger partial charge in [-0.3, -0.25) is 0 Å². The molecule has 0 aliphatic carbocycles. The molecule has 0 radical (unpaired) electrons.